The van der Waals surface area contributed by atoms with Crippen molar-refractivity contribution in [3.05, 3.63) is 90.1 Å². The molecule has 0 atom stereocenters. The van der Waals surface area contributed by atoms with E-state index in [0.717, 1.165) is 60.1 Å². The molecule has 4 aromatic rings. The van der Waals surface area contributed by atoms with E-state index in [1.54, 1.807) is 6.20 Å². The molecule has 0 aliphatic carbocycles. The topological polar surface area (TPSA) is 54.8 Å². The molecular formula is C26H25N5S. The fourth-order valence-corrected chi connectivity index (χ4v) is 4.64. The molecule has 5 nitrogen and oxygen atoms in total. The van der Waals surface area contributed by atoms with Crippen LogP contribution in [0.3, 0.4) is 0 Å². The number of nitrogens with zero attached hydrogens (tertiary/aromatic N) is 5. The zero-order chi connectivity index (χ0) is 21.8. The molecule has 0 amide bonds. The molecule has 0 N–H and O–H groups in total. The fourth-order valence-electron chi connectivity index (χ4n) is 3.98. The lowest BCUT2D eigenvalue weighted by molar-refractivity contribution is 0.242. The maximum Gasteiger partial charge on any atom is 0.160 e. The first-order valence-corrected chi connectivity index (χ1v) is 11.9. The summed E-state index contributed by atoms with van der Waals surface area (Å²) in [6.07, 6.45) is 8.48. The van der Waals surface area contributed by atoms with E-state index in [0.29, 0.717) is 0 Å². The number of aromatic nitrogens is 4. The second kappa shape index (κ2) is 9.59. The summed E-state index contributed by atoms with van der Waals surface area (Å²) in [5, 5.41) is 0. The molecule has 4 heterocycles. The first-order chi connectivity index (χ1) is 15.8. The lowest BCUT2D eigenvalue weighted by Gasteiger charge is -2.28. The van der Waals surface area contributed by atoms with E-state index >= 15 is 0 Å². The predicted molar refractivity (Wildman–Crippen MR) is 129 cm³/mol. The minimum atomic E-state index is 0.756. The quantitative estimate of drug-likeness (QED) is 0.382. The molecule has 0 bridgehead atoms. The molecule has 1 aliphatic rings. The predicted octanol–water partition coefficient (Wildman–Crippen LogP) is 5.27. The van der Waals surface area contributed by atoms with E-state index in [4.69, 9.17) is 9.97 Å². The van der Waals surface area contributed by atoms with Gasteiger partial charge in [-0.2, -0.15) is 0 Å². The second-order valence-corrected chi connectivity index (χ2v) is 9.21. The van der Waals surface area contributed by atoms with Gasteiger partial charge in [0.1, 0.15) is 0 Å². The monoisotopic (exact) mass is 439 g/mol. The van der Waals surface area contributed by atoms with Crippen LogP contribution in [0.15, 0.2) is 78.2 Å². The fraction of sp³-hybridized carbons (Fsp3) is 0.231. The van der Waals surface area contributed by atoms with Gasteiger partial charge in [0.05, 0.1) is 11.4 Å². The molecule has 0 unspecified atom stereocenters. The van der Waals surface area contributed by atoms with Crippen molar-refractivity contribution in [3.8, 4) is 22.6 Å². The van der Waals surface area contributed by atoms with Gasteiger partial charge in [-0.25, -0.2) is 9.97 Å². The summed E-state index contributed by atoms with van der Waals surface area (Å²) in [5.41, 5.74) is 6.71. The standard InChI is InChI=1S/C26H25N5S/c1-2-32-23-8-6-20(7-9-23)24-10-5-19(14-28-24)17-31-13-11-25-22(18-31)16-29-26(30-25)21-4-3-12-27-15-21/h3-10,12,14-16H,2,11,13,17-18H2,1H3. The molecule has 1 aromatic carbocycles. The largest absolute Gasteiger partial charge is 0.294 e. The molecule has 160 valence electrons. The summed E-state index contributed by atoms with van der Waals surface area (Å²) in [7, 11) is 0. The smallest absolute Gasteiger partial charge is 0.160 e. The highest BCUT2D eigenvalue weighted by atomic mass is 32.2. The van der Waals surface area contributed by atoms with E-state index in [1.165, 1.54) is 16.0 Å². The molecule has 5 rings (SSSR count). The van der Waals surface area contributed by atoms with E-state index in [-0.39, 0.29) is 0 Å². The third-order valence-corrected chi connectivity index (χ3v) is 6.52. The third-order valence-electron chi connectivity index (χ3n) is 5.62. The minimum absolute atomic E-state index is 0.756. The van der Waals surface area contributed by atoms with E-state index in [9.17, 15) is 0 Å². The Morgan fingerprint density at radius 3 is 2.59 bits per heavy atom. The van der Waals surface area contributed by atoms with Crippen molar-refractivity contribution in [3.63, 3.8) is 0 Å². The van der Waals surface area contributed by atoms with Gasteiger partial charge in [0.25, 0.3) is 0 Å². The number of hydrogen-bond donors (Lipinski definition) is 0. The van der Waals surface area contributed by atoms with E-state index < -0.39 is 0 Å². The van der Waals surface area contributed by atoms with Crippen molar-refractivity contribution < 1.29 is 0 Å². The number of rotatable bonds is 6. The molecule has 3 aromatic heterocycles. The van der Waals surface area contributed by atoms with Crippen LogP contribution in [0, 0.1) is 0 Å². The van der Waals surface area contributed by atoms with Crippen LogP contribution in [0.25, 0.3) is 22.6 Å². The summed E-state index contributed by atoms with van der Waals surface area (Å²) in [4.78, 5) is 22.0. The maximum atomic E-state index is 4.80. The van der Waals surface area contributed by atoms with Crippen molar-refractivity contribution in [2.45, 2.75) is 31.3 Å². The zero-order valence-corrected chi connectivity index (χ0v) is 18.9. The van der Waals surface area contributed by atoms with Gasteiger partial charge in [0.15, 0.2) is 5.82 Å². The molecule has 0 spiro atoms. The van der Waals surface area contributed by atoms with Gasteiger partial charge in [-0.1, -0.05) is 25.1 Å². The summed E-state index contributed by atoms with van der Waals surface area (Å²) in [6, 6.07) is 16.9. The Bertz CT molecular complexity index is 1180. The van der Waals surface area contributed by atoms with Gasteiger partial charge in [-0.15, -0.1) is 11.8 Å². The maximum absolute atomic E-state index is 4.80. The molecule has 0 saturated carbocycles. The first kappa shape index (κ1) is 20.8. The van der Waals surface area contributed by atoms with E-state index in [1.807, 2.05) is 42.5 Å². The van der Waals surface area contributed by atoms with Gasteiger partial charge >= 0.3 is 0 Å². The average Bonchev–Trinajstić information content (AvgIpc) is 2.85. The summed E-state index contributed by atoms with van der Waals surface area (Å²) < 4.78 is 0. The molecule has 1 aliphatic heterocycles. The van der Waals surface area contributed by atoms with Crippen LogP contribution in [0.4, 0.5) is 0 Å². The Labute approximate surface area is 193 Å². The van der Waals surface area contributed by atoms with Gasteiger partial charge < -0.3 is 0 Å². The number of hydrogen-bond acceptors (Lipinski definition) is 6. The molecule has 0 radical (unpaired) electrons. The van der Waals surface area contributed by atoms with Gasteiger partial charge in [0, 0.05) is 72.4 Å². The molecule has 0 saturated heterocycles. The number of benzene rings is 1. The van der Waals surface area contributed by atoms with Crippen LogP contribution < -0.4 is 0 Å². The Kier molecular flexibility index (Phi) is 6.23. The average molecular weight is 440 g/mol. The molecular weight excluding hydrogens is 414 g/mol. The lowest BCUT2D eigenvalue weighted by Crippen LogP contribution is -2.31. The Morgan fingerprint density at radius 1 is 0.938 bits per heavy atom. The first-order valence-electron chi connectivity index (χ1n) is 10.9. The Morgan fingerprint density at radius 2 is 1.84 bits per heavy atom. The van der Waals surface area contributed by atoms with Crippen molar-refractivity contribution in [2.24, 2.45) is 0 Å². The van der Waals surface area contributed by atoms with Crippen molar-refractivity contribution in [1.82, 2.24) is 24.8 Å². The SMILES string of the molecule is CCSc1ccc(-c2ccc(CN3CCc4nc(-c5cccnc5)ncc4C3)cn2)cc1. The summed E-state index contributed by atoms with van der Waals surface area (Å²) in [6.45, 7) is 4.89. The molecule has 0 fully saturated rings. The molecule has 32 heavy (non-hydrogen) atoms. The van der Waals surface area contributed by atoms with Crippen molar-refractivity contribution >= 4 is 11.8 Å². The lowest BCUT2D eigenvalue weighted by atomic mass is 10.1. The highest BCUT2D eigenvalue weighted by Crippen LogP contribution is 2.24. The van der Waals surface area contributed by atoms with Gasteiger partial charge in [-0.05, 0) is 41.6 Å². The minimum Gasteiger partial charge on any atom is -0.294 e. The normalized spacial score (nSPS) is 13.7. The van der Waals surface area contributed by atoms with Gasteiger partial charge in [-0.3, -0.25) is 14.9 Å². The van der Waals surface area contributed by atoms with Crippen molar-refractivity contribution in [2.75, 3.05) is 12.3 Å². The van der Waals surface area contributed by atoms with Crippen LogP contribution >= 0.6 is 11.8 Å². The third kappa shape index (κ3) is 4.71. The van der Waals surface area contributed by atoms with E-state index in [2.05, 4.69) is 58.2 Å². The van der Waals surface area contributed by atoms with Crippen LogP contribution in [-0.2, 0) is 19.5 Å². The highest BCUT2D eigenvalue weighted by molar-refractivity contribution is 7.99. The zero-order valence-electron chi connectivity index (χ0n) is 18.1. The summed E-state index contributed by atoms with van der Waals surface area (Å²) >= 11 is 1.86. The van der Waals surface area contributed by atoms with Crippen LogP contribution in [0.5, 0.6) is 0 Å². The Balaban J connectivity index is 1.24. The number of thioether (sulfide) groups is 1. The number of fused-ring (bicyclic) bond motifs is 1. The highest BCUT2D eigenvalue weighted by Gasteiger charge is 2.19. The van der Waals surface area contributed by atoms with Crippen molar-refractivity contribution in [1.29, 1.82) is 0 Å². The summed E-state index contributed by atoms with van der Waals surface area (Å²) in [5.74, 6) is 1.84. The van der Waals surface area contributed by atoms with Crippen LogP contribution in [0.1, 0.15) is 23.7 Å². The number of pyridine rings is 2. The second-order valence-electron chi connectivity index (χ2n) is 7.88. The molecule has 6 heteroatoms. The Hall–Kier alpha value is -3.09. The van der Waals surface area contributed by atoms with Crippen LogP contribution in [-0.4, -0.2) is 37.1 Å². The van der Waals surface area contributed by atoms with Gasteiger partial charge in [0.2, 0.25) is 0 Å². The van der Waals surface area contributed by atoms with Crippen LogP contribution in [0.2, 0.25) is 0 Å².